The number of likely N-dealkylation sites (N-methyl/N-ethyl adjacent to an activating group) is 1. The van der Waals surface area contributed by atoms with Crippen LogP contribution in [0.2, 0.25) is 0 Å². The summed E-state index contributed by atoms with van der Waals surface area (Å²) in [7, 11) is 1.68. The predicted octanol–water partition coefficient (Wildman–Crippen LogP) is 0.713. The van der Waals surface area contributed by atoms with Crippen LogP contribution >= 0.6 is 0 Å². The molecule has 0 rings (SSSR count). The Bertz CT molecular complexity index is 406. The van der Waals surface area contributed by atoms with E-state index >= 15 is 0 Å². The van der Waals surface area contributed by atoms with Crippen molar-refractivity contribution in [1.29, 1.82) is 10.8 Å². The molecule has 112 valence electrons. The van der Waals surface area contributed by atoms with Crippen molar-refractivity contribution < 1.29 is 19.7 Å². The van der Waals surface area contributed by atoms with E-state index in [2.05, 4.69) is 6.58 Å². The minimum atomic E-state index is -1.07. The second-order valence-corrected chi connectivity index (χ2v) is 4.18. The Morgan fingerprint density at radius 2 is 2.10 bits per heavy atom. The van der Waals surface area contributed by atoms with Crippen LogP contribution in [0, 0.1) is 16.7 Å². The van der Waals surface area contributed by atoms with E-state index in [0.717, 1.165) is 0 Å². The fourth-order valence-corrected chi connectivity index (χ4v) is 1.64. The SMILES string of the molecule is C=CC(C(/C=C/C(=N)OC(C)=N)C(=O)O)N(C)CCO. The van der Waals surface area contributed by atoms with Gasteiger partial charge in [-0.3, -0.25) is 20.5 Å². The summed E-state index contributed by atoms with van der Waals surface area (Å²) >= 11 is 0. The molecule has 0 spiro atoms. The molecule has 7 heteroatoms. The molecule has 0 fully saturated rings. The molecule has 0 bridgehead atoms. The standard InChI is InChI=1S/C13H21N3O4/c1-4-11(16(3)7-8-17)10(13(18)19)5-6-12(15)20-9(2)14/h4-6,10-11,14-15,17H,1,7-8H2,2-3H3,(H,18,19)/b6-5+,14-9?,15-12?. The van der Waals surface area contributed by atoms with Crippen LogP contribution in [-0.4, -0.2) is 59.1 Å². The number of aliphatic hydroxyl groups excluding tert-OH is 1. The molecule has 0 saturated carbocycles. The molecule has 0 aliphatic carbocycles. The molecule has 2 atom stereocenters. The van der Waals surface area contributed by atoms with Crippen molar-refractivity contribution in [3.05, 3.63) is 24.8 Å². The highest BCUT2D eigenvalue weighted by Crippen LogP contribution is 2.14. The van der Waals surface area contributed by atoms with Gasteiger partial charge in [0.2, 0.25) is 5.90 Å². The summed E-state index contributed by atoms with van der Waals surface area (Å²) in [6.07, 6.45) is 3.99. The van der Waals surface area contributed by atoms with Crippen molar-refractivity contribution in [2.24, 2.45) is 5.92 Å². The highest BCUT2D eigenvalue weighted by Gasteiger charge is 2.26. The first-order chi connectivity index (χ1) is 9.33. The second-order valence-electron chi connectivity index (χ2n) is 4.18. The van der Waals surface area contributed by atoms with E-state index in [-0.39, 0.29) is 18.4 Å². The first-order valence-electron chi connectivity index (χ1n) is 5.99. The Kier molecular flexibility index (Phi) is 8.10. The van der Waals surface area contributed by atoms with Crippen LogP contribution in [0.3, 0.4) is 0 Å². The number of hydrogen-bond acceptors (Lipinski definition) is 6. The van der Waals surface area contributed by atoms with Crippen LogP contribution in [0.1, 0.15) is 6.92 Å². The average Bonchev–Trinajstić information content (AvgIpc) is 2.33. The normalized spacial score (nSPS) is 14.0. The summed E-state index contributed by atoms with van der Waals surface area (Å²) < 4.78 is 4.71. The van der Waals surface area contributed by atoms with E-state index in [1.807, 2.05) is 0 Å². The highest BCUT2D eigenvalue weighted by atomic mass is 16.5. The smallest absolute Gasteiger partial charge is 0.312 e. The summed E-state index contributed by atoms with van der Waals surface area (Å²) in [6, 6.07) is -0.523. The Morgan fingerprint density at radius 3 is 2.50 bits per heavy atom. The molecule has 2 unspecified atom stereocenters. The van der Waals surface area contributed by atoms with Gasteiger partial charge >= 0.3 is 5.97 Å². The zero-order chi connectivity index (χ0) is 15.7. The molecule has 0 amide bonds. The number of aliphatic hydroxyl groups is 1. The van der Waals surface area contributed by atoms with Gasteiger partial charge in [0, 0.05) is 19.5 Å². The highest BCUT2D eigenvalue weighted by molar-refractivity contribution is 5.94. The third-order valence-electron chi connectivity index (χ3n) is 2.57. The maximum atomic E-state index is 11.3. The van der Waals surface area contributed by atoms with Crippen LogP contribution < -0.4 is 0 Å². The summed E-state index contributed by atoms with van der Waals surface area (Å²) in [5.41, 5.74) is 0. The van der Waals surface area contributed by atoms with E-state index in [1.165, 1.54) is 25.2 Å². The molecular formula is C13H21N3O4. The first kappa shape index (κ1) is 18.0. The zero-order valence-electron chi connectivity index (χ0n) is 11.7. The van der Waals surface area contributed by atoms with Gasteiger partial charge in [0.25, 0.3) is 0 Å². The average molecular weight is 283 g/mol. The molecule has 0 aliphatic heterocycles. The largest absolute Gasteiger partial charge is 0.481 e. The molecule has 4 N–H and O–H groups in total. The fourth-order valence-electron chi connectivity index (χ4n) is 1.64. The molecule has 0 saturated heterocycles. The molecule has 0 aromatic rings. The lowest BCUT2D eigenvalue weighted by molar-refractivity contribution is -0.141. The number of carboxylic acid groups (broad SMARTS) is 1. The summed E-state index contributed by atoms with van der Waals surface area (Å²) in [6.45, 7) is 5.19. The van der Waals surface area contributed by atoms with Gasteiger partial charge in [-0.25, -0.2) is 0 Å². The van der Waals surface area contributed by atoms with Crippen LogP contribution in [0.4, 0.5) is 0 Å². The lowest BCUT2D eigenvalue weighted by Crippen LogP contribution is -2.40. The summed E-state index contributed by atoms with van der Waals surface area (Å²) in [4.78, 5) is 13.0. The lowest BCUT2D eigenvalue weighted by Gasteiger charge is -2.28. The monoisotopic (exact) mass is 283 g/mol. The van der Waals surface area contributed by atoms with E-state index in [0.29, 0.717) is 6.54 Å². The Morgan fingerprint density at radius 1 is 1.50 bits per heavy atom. The van der Waals surface area contributed by atoms with Crippen LogP contribution in [0.5, 0.6) is 0 Å². The van der Waals surface area contributed by atoms with Gasteiger partial charge in [0.1, 0.15) is 0 Å². The number of carboxylic acids is 1. The van der Waals surface area contributed by atoms with Gasteiger partial charge in [-0.2, -0.15) is 0 Å². The van der Waals surface area contributed by atoms with Crippen LogP contribution in [-0.2, 0) is 9.53 Å². The predicted molar refractivity (Wildman–Crippen MR) is 76.2 cm³/mol. The van der Waals surface area contributed by atoms with Crippen molar-refractivity contribution in [1.82, 2.24) is 4.90 Å². The van der Waals surface area contributed by atoms with Gasteiger partial charge in [0.15, 0.2) is 5.90 Å². The lowest BCUT2D eigenvalue weighted by atomic mass is 9.98. The van der Waals surface area contributed by atoms with Crippen molar-refractivity contribution >= 4 is 17.8 Å². The van der Waals surface area contributed by atoms with E-state index < -0.39 is 17.9 Å². The quantitative estimate of drug-likeness (QED) is 0.297. The van der Waals surface area contributed by atoms with Crippen molar-refractivity contribution in [3.63, 3.8) is 0 Å². The third kappa shape index (κ3) is 6.26. The molecule has 20 heavy (non-hydrogen) atoms. The zero-order valence-corrected chi connectivity index (χ0v) is 11.7. The number of aliphatic carboxylic acids is 1. The number of rotatable bonds is 8. The summed E-state index contributed by atoms with van der Waals surface area (Å²) in [5, 5.41) is 32.6. The van der Waals surface area contributed by atoms with Gasteiger partial charge in [-0.15, -0.1) is 6.58 Å². The fraction of sp³-hybridized carbons (Fsp3) is 0.462. The van der Waals surface area contributed by atoms with E-state index in [1.54, 1.807) is 11.9 Å². The number of nitrogens with zero attached hydrogens (tertiary/aromatic N) is 1. The van der Waals surface area contributed by atoms with Gasteiger partial charge in [-0.05, 0) is 13.1 Å². The third-order valence-corrected chi connectivity index (χ3v) is 2.57. The minimum absolute atomic E-state index is 0.0944. The Labute approximate surface area is 118 Å². The molecule has 0 aromatic heterocycles. The van der Waals surface area contributed by atoms with Gasteiger partial charge < -0.3 is 14.9 Å². The van der Waals surface area contributed by atoms with E-state index in [9.17, 15) is 9.90 Å². The van der Waals surface area contributed by atoms with Crippen molar-refractivity contribution in [2.75, 3.05) is 20.2 Å². The molecule has 0 heterocycles. The molecular weight excluding hydrogens is 262 g/mol. The number of nitrogens with one attached hydrogen (secondary N) is 2. The Hall–Kier alpha value is -1.99. The number of hydrogen-bond donors (Lipinski definition) is 4. The molecule has 7 nitrogen and oxygen atoms in total. The maximum Gasteiger partial charge on any atom is 0.312 e. The van der Waals surface area contributed by atoms with Gasteiger partial charge in [0.05, 0.1) is 12.5 Å². The molecule has 0 aromatic carbocycles. The van der Waals surface area contributed by atoms with Crippen LogP contribution in [0.15, 0.2) is 24.8 Å². The first-order valence-corrected chi connectivity index (χ1v) is 5.99. The van der Waals surface area contributed by atoms with Crippen LogP contribution in [0.25, 0.3) is 0 Å². The maximum absolute atomic E-state index is 11.3. The number of carbonyl (C=O) groups is 1. The van der Waals surface area contributed by atoms with E-state index in [4.69, 9.17) is 20.7 Å². The van der Waals surface area contributed by atoms with Crippen molar-refractivity contribution in [2.45, 2.75) is 13.0 Å². The minimum Gasteiger partial charge on any atom is -0.481 e. The Balaban J connectivity index is 4.98. The van der Waals surface area contributed by atoms with Gasteiger partial charge in [-0.1, -0.05) is 12.2 Å². The molecule has 0 aliphatic rings. The number of ether oxygens (including phenoxy) is 1. The second kappa shape index (κ2) is 9.00. The van der Waals surface area contributed by atoms with Crippen molar-refractivity contribution in [3.8, 4) is 0 Å². The topological polar surface area (TPSA) is 118 Å². The summed E-state index contributed by atoms with van der Waals surface area (Å²) in [5.74, 6) is -2.46. The molecule has 0 radical (unpaired) electrons.